The minimum Gasteiger partial charge on any atom is -0.473 e. The normalized spacial score (nSPS) is 23.6. The fourth-order valence-corrected chi connectivity index (χ4v) is 3.92. The number of ether oxygens (including phenoxy) is 3. The average Bonchev–Trinajstić information content (AvgIpc) is 2.98. The molecule has 1 aliphatic heterocycles. The van der Waals surface area contributed by atoms with Gasteiger partial charge in [-0.1, -0.05) is 30.3 Å². The first kappa shape index (κ1) is 17.5. The molecule has 0 amide bonds. The maximum absolute atomic E-state index is 12.4. The summed E-state index contributed by atoms with van der Waals surface area (Å²) in [5.74, 6) is -0.358. The van der Waals surface area contributed by atoms with E-state index < -0.39 is 11.6 Å². The Morgan fingerprint density at radius 3 is 2.63 bits per heavy atom. The van der Waals surface area contributed by atoms with Gasteiger partial charge in [0.05, 0.1) is 13.0 Å². The minimum atomic E-state index is -0.679. The molecule has 1 aliphatic carbocycles. The monoisotopic (exact) mass is 367 g/mol. The van der Waals surface area contributed by atoms with Gasteiger partial charge in [-0.2, -0.15) is 0 Å². The highest BCUT2D eigenvalue weighted by Gasteiger charge is 2.49. The molecule has 1 saturated carbocycles. The molecule has 0 radical (unpaired) electrons. The predicted octanol–water partition coefficient (Wildman–Crippen LogP) is 3.39. The van der Waals surface area contributed by atoms with Crippen LogP contribution < -0.4 is 4.74 Å². The van der Waals surface area contributed by atoms with Gasteiger partial charge < -0.3 is 14.2 Å². The van der Waals surface area contributed by atoms with Crippen molar-refractivity contribution in [1.82, 2.24) is 4.98 Å². The zero-order chi connectivity index (χ0) is 18.9. The van der Waals surface area contributed by atoms with Crippen LogP contribution in [-0.4, -0.2) is 24.0 Å². The van der Waals surface area contributed by atoms with Crippen molar-refractivity contribution in [1.29, 1.82) is 0 Å². The summed E-state index contributed by atoms with van der Waals surface area (Å²) in [6, 6.07) is 13.4. The second-order valence-corrected chi connectivity index (χ2v) is 7.00. The summed E-state index contributed by atoms with van der Waals surface area (Å²) < 4.78 is 16.3. The number of carbonyl (C=O) groups excluding carboxylic acids is 2. The highest BCUT2D eigenvalue weighted by atomic mass is 16.6. The molecule has 6 nitrogen and oxygen atoms in total. The summed E-state index contributed by atoms with van der Waals surface area (Å²) in [6.07, 6.45) is 2.45. The van der Waals surface area contributed by atoms with Crippen molar-refractivity contribution in [2.75, 3.05) is 7.11 Å². The fourth-order valence-electron chi connectivity index (χ4n) is 3.92. The highest BCUT2D eigenvalue weighted by Crippen LogP contribution is 2.48. The van der Waals surface area contributed by atoms with Crippen molar-refractivity contribution in [3.05, 3.63) is 59.3 Å². The summed E-state index contributed by atoms with van der Waals surface area (Å²) >= 11 is 0. The van der Waals surface area contributed by atoms with E-state index in [2.05, 4.69) is 4.98 Å². The van der Waals surface area contributed by atoms with Gasteiger partial charge in [-0.15, -0.1) is 0 Å². The van der Waals surface area contributed by atoms with Crippen LogP contribution in [-0.2, 0) is 26.5 Å². The number of nitrogens with zero attached hydrogens (tertiary/aromatic N) is 1. The smallest absolute Gasteiger partial charge is 0.358 e. The van der Waals surface area contributed by atoms with E-state index in [1.807, 2.05) is 36.4 Å². The molecule has 0 bridgehead atoms. The Hall–Kier alpha value is -2.89. The molecule has 2 heterocycles. The van der Waals surface area contributed by atoms with Crippen LogP contribution in [0.4, 0.5) is 0 Å². The van der Waals surface area contributed by atoms with Crippen LogP contribution in [0.25, 0.3) is 0 Å². The van der Waals surface area contributed by atoms with Gasteiger partial charge in [0.2, 0.25) is 5.88 Å². The summed E-state index contributed by atoms with van der Waals surface area (Å²) in [5.41, 5.74) is 1.46. The highest BCUT2D eigenvalue weighted by molar-refractivity contribution is 5.93. The number of esters is 2. The van der Waals surface area contributed by atoms with Crippen molar-refractivity contribution in [2.24, 2.45) is 5.92 Å². The van der Waals surface area contributed by atoms with E-state index in [0.717, 1.165) is 11.1 Å². The Bertz CT molecular complexity index is 856. The van der Waals surface area contributed by atoms with E-state index in [1.54, 1.807) is 6.07 Å². The van der Waals surface area contributed by atoms with E-state index in [-0.39, 0.29) is 11.9 Å². The molecule has 140 valence electrons. The van der Waals surface area contributed by atoms with Gasteiger partial charge >= 0.3 is 11.9 Å². The first-order valence-electron chi connectivity index (χ1n) is 9.11. The first-order valence-corrected chi connectivity index (χ1v) is 9.11. The number of methoxy groups -OCH3 is 1. The quantitative estimate of drug-likeness (QED) is 0.771. The second-order valence-electron chi connectivity index (χ2n) is 7.00. The summed E-state index contributed by atoms with van der Waals surface area (Å²) in [5, 5.41) is 0. The molecule has 2 aliphatic rings. The molecular weight excluding hydrogens is 346 g/mol. The Morgan fingerprint density at radius 2 is 1.93 bits per heavy atom. The lowest BCUT2D eigenvalue weighted by atomic mass is 9.75. The van der Waals surface area contributed by atoms with Crippen LogP contribution in [0.15, 0.2) is 42.5 Å². The molecule has 6 heteroatoms. The first-order chi connectivity index (χ1) is 13.1. The van der Waals surface area contributed by atoms with Gasteiger partial charge in [0.25, 0.3) is 0 Å². The maximum atomic E-state index is 12.4. The molecule has 4 rings (SSSR count). The number of benzene rings is 1. The standard InChI is InChI=1S/C21H21NO5/c1-25-19(23)15-9-11-21(12-10-15)16-7-8-17(22-18(16)20(24)27-21)26-13-14-5-3-2-4-6-14/h2-8,15H,9-13H2,1H3/t15-,21-. The zero-order valence-electron chi connectivity index (χ0n) is 15.1. The van der Waals surface area contributed by atoms with E-state index in [1.165, 1.54) is 7.11 Å². The van der Waals surface area contributed by atoms with Crippen molar-refractivity contribution >= 4 is 11.9 Å². The number of pyridine rings is 1. The van der Waals surface area contributed by atoms with Gasteiger partial charge in [-0.25, -0.2) is 9.78 Å². The number of fused-ring (bicyclic) bond motifs is 2. The number of hydrogen-bond acceptors (Lipinski definition) is 6. The summed E-state index contributed by atoms with van der Waals surface area (Å²) in [6.45, 7) is 0.383. The van der Waals surface area contributed by atoms with Gasteiger partial charge in [0, 0.05) is 11.6 Å². The Morgan fingerprint density at radius 1 is 1.19 bits per heavy atom. The summed E-state index contributed by atoms with van der Waals surface area (Å²) in [4.78, 5) is 28.5. The van der Waals surface area contributed by atoms with Crippen molar-refractivity contribution in [3.8, 4) is 5.88 Å². The third kappa shape index (κ3) is 3.27. The van der Waals surface area contributed by atoms with Gasteiger partial charge in [0.15, 0.2) is 5.69 Å². The Kier molecular flexibility index (Phi) is 4.56. The molecule has 1 fully saturated rings. The van der Waals surface area contributed by atoms with Crippen LogP contribution in [0.2, 0.25) is 0 Å². The zero-order valence-corrected chi connectivity index (χ0v) is 15.1. The number of hydrogen-bond donors (Lipinski definition) is 0. The number of aromatic nitrogens is 1. The molecule has 27 heavy (non-hydrogen) atoms. The fraction of sp³-hybridized carbons (Fsp3) is 0.381. The Labute approximate surface area is 157 Å². The Balaban J connectivity index is 1.50. The molecule has 2 aromatic rings. The van der Waals surface area contributed by atoms with E-state index in [9.17, 15) is 9.59 Å². The third-order valence-electron chi connectivity index (χ3n) is 5.40. The average molecular weight is 367 g/mol. The van der Waals surface area contributed by atoms with E-state index in [4.69, 9.17) is 14.2 Å². The third-order valence-corrected chi connectivity index (χ3v) is 5.40. The lowest BCUT2D eigenvalue weighted by molar-refractivity contribution is -0.148. The van der Waals surface area contributed by atoms with Crippen molar-refractivity contribution < 1.29 is 23.8 Å². The van der Waals surface area contributed by atoms with Crippen LogP contribution >= 0.6 is 0 Å². The molecular formula is C21H21NO5. The van der Waals surface area contributed by atoms with Crippen LogP contribution in [0.5, 0.6) is 5.88 Å². The van der Waals surface area contributed by atoms with Crippen LogP contribution in [0.3, 0.4) is 0 Å². The van der Waals surface area contributed by atoms with Gasteiger partial charge in [-0.3, -0.25) is 4.79 Å². The van der Waals surface area contributed by atoms with Crippen LogP contribution in [0.1, 0.15) is 47.3 Å². The largest absolute Gasteiger partial charge is 0.473 e. The summed E-state index contributed by atoms with van der Waals surface area (Å²) in [7, 11) is 1.40. The lowest BCUT2D eigenvalue weighted by Gasteiger charge is -2.35. The topological polar surface area (TPSA) is 74.7 Å². The molecule has 0 unspecified atom stereocenters. The number of rotatable bonds is 4. The molecule has 1 spiro atoms. The SMILES string of the molecule is COC(=O)[C@H]1CC[C@@]2(CC1)OC(=O)c1nc(OCc3ccccc3)ccc12. The molecule has 0 atom stereocenters. The second kappa shape index (κ2) is 7.02. The predicted molar refractivity (Wildman–Crippen MR) is 96.1 cm³/mol. The molecule has 0 saturated heterocycles. The lowest BCUT2D eigenvalue weighted by Crippen LogP contribution is -2.34. The van der Waals surface area contributed by atoms with Crippen LogP contribution in [0, 0.1) is 5.92 Å². The molecule has 1 aromatic heterocycles. The van der Waals surface area contributed by atoms with Crippen molar-refractivity contribution in [3.63, 3.8) is 0 Å². The molecule has 0 N–H and O–H groups in total. The maximum Gasteiger partial charge on any atom is 0.358 e. The van der Waals surface area contributed by atoms with Gasteiger partial charge in [0.1, 0.15) is 12.2 Å². The minimum absolute atomic E-state index is 0.134. The van der Waals surface area contributed by atoms with E-state index in [0.29, 0.717) is 43.9 Å². The van der Waals surface area contributed by atoms with Gasteiger partial charge in [-0.05, 0) is 37.3 Å². The van der Waals surface area contributed by atoms with E-state index >= 15 is 0 Å². The molecule has 1 aromatic carbocycles. The number of carbonyl (C=O) groups is 2. The van der Waals surface area contributed by atoms with Crippen molar-refractivity contribution in [2.45, 2.75) is 37.9 Å².